The summed E-state index contributed by atoms with van der Waals surface area (Å²) in [5, 5.41) is 7.95. The molecule has 2 aromatic heterocycles. The second-order valence-electron chi connectivity index (χ2n) is 6.06. The van der Waals surface area contributed by atoms with Gasteiger partial charge in [0, 0.05) is 5.56 Å². The smallest absolute Gasteiger partial charge is 0.283 e. The topological polar surface area (TPSA) is 114 Å². The van der Waals surface area contributed by atoms with Crippen LogP contribution in [0.15, 0.2) is 57.6 Å². The van der Waals surface area contributed by atoms with Crippen molar-refractivity contribution in [2.45, 2.75) is 19.9 Å². The molecule has 0 aliphatic heterocycles. The summed E-state index contributed by atoms with van der Waals surface area (Å²) in [7, 11) is 0. The molecule has 2 amide bonds. The minimum absolute atomic E-state index is 0.0708. The summed E-state index contributed by atoms with van der Waals surface area (Å²) in [5.74, 6) is 0.429. The Morgan fingerprint density at radius 2 is 1.89 bits per heavy atom. The Kier molecular flexibility index (Phi) is 6.53. The van der Waals surface area contributed by atoms with Crippen LogP contribution >= 0.6 is 0 Å². The average molecular weight is 383 g/mol. The molecule has 3 rings (SSSR count). The van der Waals surface area contributed by atoms with Gasteiger partial charge < -0.3 is 8.83 Å². The average Bonchev–Trinajstić information content (AvgIpc) is 3.39. The van der Waals surface area contributed by atoms with Crippen LogP contribution in [0.5, 0.6) is 0 Å². The first-order valence-electron chi connectivity index (χ1n) is 8.88. The lowest BCUT2D eigenvalue weighted by Gasteiger charge is -2.19. The van der Waals surface area contributed by atoms with Gasteiger partial charge >= 0.3 is 0 Å². The molecule has 2 heterocycles. The van der Waals surface area contributed by atoms with E-state index in [1.54, 1.807) is 36.4 Å². The molecule has 0 aliphatic rings. The maximum atomic E-state index is 12.2. The summed E-state index contributed by atoms with van der Waals surface area (Å²) in [5.41, 5.74) is 5.29. The van der Waals surface area contributed by atoms with E-state index in [0.717, 1.165) is 6.42 Å². The van der Waals surface area contributed by atoms with E-state index in [1.807, 2.05) is 17.9 Å². The van der Waals surface area contributed by atoms with Gasteiger partial charge in [0.1, 0.15) is 0 Å². The first-order valence-corrected chi connectivity index (χ1v) is 8.88. The SMILES string of the molecule is CCCN(CC(=O)NNC(=O)c1ccccc1)Cc1nnc(-c2ccco2)o1. The van der Waals surface area contributed by atoms with E-state index in [9.17, 15) is 9.59 Å². The second kappa shape index (κ2) is 9.47. The monoisotopic (exact) mass is 383 g/mol. The molecule has 9 nitrogen and oxygen atoms in total. The zero-order valence-electron chi connectivity index (χ0n) is 15.4. The van der Waals surface area contributed by atoms with E-state index in [2.05, 4.69) is 21.0 Å². The van der Waals surface area contributed by atoms with Crippen molar-refractivity contribution < 1.29 is 18.4 Å². The van der Waals surface area contributed by atoms with Gasteiger partial charge in [-0.15, -0.1) is 10.2 Å². The van der Waals surface area contributed by atoms with Gasteiger partial charge in [-0.25, -0.2) is 0 Å². The van der Waals surface area contributed by atoms with Crippen LogP contribution < -0.4 is 10.9 Å². The number of hydrogen-bond donors (Lipinski definition) is 2. The van der Waals surface area contributed by atoms with Crippen LogP contribution in [0.1, 0.15) is 29.6 Å². The van der Waals surface area contributed by atoms with Gasteiger partial charge in [-0.3, -0.25) is 25.3 Å². The third kappa shape index (κ3) is 5.27. The minimum atomic E-state index is -0.379. The van der Waals surface area contributed by atoms with Crippen molar-refractivity contribution in [2.75, 3.05) is 13.1 Å². The maximum absolute atomic E-state index is 12.2. The second-order valence-corrected chi connectivity index (χ2v) is 6.06. The molecular weight excluding hydrogens is 362 g/mol. The van der Waals surface area contributed by atoms with Crippen LogP contribution in [0.4, 0.5) is 0 Å². The molecule has 2 N–H and O–H groups in total. The lowest BCUT2D eigenvalue weighted by Crippen LogP contribution is -2.46. The van der Waals surface area contributed by atoms with E-state index < -0.39 is 0 Å². The fourth-order valence-corrected chi connectivity index (χ4v) is 2.57. The molecule has 0 saturated heterocycles. The number of hydrazine groups is 1. The predicted octanol–water partition coefficient (Wildman–Crippen LogP) is 2.00. The third-order valence-electron chi connectivity index (χ3n) is 3.82. The first kappa shape index (κ1) is 19.3. The molecule has 1 aromatic carbocycles. The van der Waals surface area contributed by atoms with E-state index in [4.69, 9.17) is 8.83 Å². The van der Waals surface area contributed by atoms with Gasteiger partial charge in [0.15, 0.2) is 5.76 Å². The summed E-state index contributed by atoms with van der Waals surface area (Å²) >= 11 is 0. The van der Waals surface area contributed by atoms with Crippen LogP contribution in [-0.4, -0.2) is 40.0 Å². The number of carbonyl (C=O) groups is 2. The molecule has 0 bridgehead atoms. The van der Waals surface area contributed by atoms with E-state index in [-0.39, 0.29) is 24.2 Å². The third-order valence-corrected chi connectivity index (χ3v) is 3.82. The number of furan rings is 1. The summed E-state index contributed by atoms with van der Waals surface area (Å²) in [6, 6.07) is 12.1. The summed E-state index contributed by atoms with van der Waals surface area (Å²) < 4.78 is 10.8. The Bertz CT molecular complexity index is 892. The standard InChI is InChI=1S/C19H21N5O4/c1-2-10-24(13-17-21-23-19(28-17)15-9-6-11-27-15)12-16(25)20-22-18(26)14-7-4-3-5-8-14/h3-9,11H,2,10,12-13H2,1H3,(H,20,25)(H,22,26). The summed E-state index contributed by atoms with van der Waals surface area (Å²) in [4.78, 5) is 26.0. The van der Waals surface area contributed by atoms with Crippen LogP contribution in [0, 0.1) is 0 Å². The maximum Gasteiger partial charge on any atom is 0.283 e. The number of nitrogens with one attached hydrogen (secondary N) is 2. The Hall–Kier alpha value is -3.46. The number of aromatic nitrogens is 2. The van der Waals surface area contributed by atoms with Gasteiger partial charge in [0.2, 0.25) is 5.89 Å². The highest BCUT2D eigenvalue weighted by Gasteiger charge is 2.17. The number of rotatable bonds is 8. The summed E-state index contributed by atoms with van der Waals surface area (Å²) in [6.45, 7) is 3.03. The van der Waals surface area contributed by atoms with Gasteiger partial charge in [-0.1, -0.05) is 25.1 Å². The Labute approximate surface area is 161 Å². The quantitative estimate of drug-likeness (QED) is 0.572. The van der Waals surface area contributed by atoms with E-state index in [1.165, 1.54) is 6.26 Å². The van der Waals surface area contributed by atoms with Gasteiger partial charge in [0.25, 0.3) is 17.7 Å². The molecule has 0 aliphatic carbocycles. The molecule has 0 spiro atoms. The first-order chi connectivity index (χ1) is 13.7. The number of benzene rings is 1. The van der Waals surface area contributed by atoms with E-state index >= 15 is 0 Å². The zero-order chi connectivity index (χ0) is 19.8. The minimum Gasteiger partial charge on any atom is -0.459 e. The molecule has 0 saturated carbocycles. The molecule has 9 heteroatoms. The molecule has 3 aromatic rings. The summed E-state index contributed by atoms with van der Waals surface area (Å²) in [6.07, 6.45) is 2.36. The van der Waals surface area contributed by atoms with Crippen LogP contribution in [0.2, 0.25) is 0 Å². The molecule has 146 valence electrons. The number of amides is 2. The number of carbonyl (C=O) groups excluding carboxylic acids is 2. The van der Waals surface area contributed by atoms with Crippen LogP contribution in [0.25, 0.3) is 11.7 Å². The Morgan fingerprint density at radius 3 is 2.61 bits per heavy atom. The van der Waals surface area contributed by atoms with Crippen molar-refractivity contribution in [3.8, 4) is 11.7 Å². The lowest BCUT2D eigenvalue weighted by molar-refractivity contribution is -0.123. The highest BCUT2D eigenvalue weighted by molar-refractivity contribution is 5.95. The Morgan fingerprint density at radius 1 is 1.07 bits per heavy atom. The highest BCUT2D eigenvalue weighted by atomic mass is 16.4. The zero-order valence-corrected chi connectivity index (χ0v) is 15.4. The van der Waals surface area contributed by atoms with Crippen molar-refractivity contribution in [3.05, 3.63) is 60.2 Å². The van der Waals surface area contributed by atoms with Crippen molar-refractivity contribution in [1.82, 2.24) is 25.9 Å². The molecule has 0 atom stereocenters. The molecule has 0 unspecified atom stereocenters. The van der Waals surface area contributed by atoms with Crippen LogP contribution in [-0.2, 0) is 11.3 Å². The van der Waals surface area contributed by atoms with Crippen molar-refractivity contribution in [2.24, 2.45) is 0 Å². The van der Waals surface area contributed by atoms with Crippen LogP contribution in [0.3, 0.4) is 0 Å². The Balaban J connectivity index is 1.52. The molecule has 0 radical (unpaired) electrons. The number of nitrogens with zero attached hydrogens (tertiary/aromatic N) is 3. The lowest BCUT2D eigenvalue weighted by atomic mass is 10.2. The largest absolute Gasteiger partial charge is 0.459 e. The predicted molar refractivity (Wildman–Crippen MR) is 99.6 cm³/mol. The normalized spacial score (nSPS) is 10.8. The van der Waals surface area contributed by atoms with Gasteiger partial charge in [-0.2, -0.15) is 0 Å². The van der Waals surface area contributed by atoms with E-state index in [0.29, 0.717) is 30.3 Å². The fourth-order valence-electron chi connectivity index (χ4n) is 2.57. The molecule has 0 fully saturated rings. The van der Waals surface area contributed by atoms with Crippen molar-refractivity contribution in [3.63, 3.8) is 0 Å². The van der Waals surface area contributed by atoms with Crippen molar-refractivity contribution >= 4 is 11.8 Å². The number of hydrogen-bond acceptors (Lipinski definition) is 7. The van der Waals surface area contributed by atoms with Gasteiger partial charge in [0.05, 0.1) is 19.4 Å². The molecular formula is C19H21N5O4. The fraction of sp³-hybridized carbons (Fsp3) is 0.263. The van der Waals surface area contributed by atoms with Gasteiger partial charge in [-0.05, 0) is 37.2 Å². The highest BCUT2D eigenvalue weighted by Crippen LogP contribution is 2.18. The van der Waals surface area contributed by atoms with Crippen molar-refractivity contribution in [1.29, 1.82) is 0 Å². The molecule has 28 heavy (non-hydrogen) atoms.